The van der Waals surface area contributed by atoms with Crippen molar-refractivity contribution >= 4 is 11.9 Å². The highest BCUT2D eigenvalue weighted by atomic mass is 16.4. The molecule has 0 amide bonds. The molecule has 1 unspecified atom stereocenters. The molecule has 12 heavy (non-hydrogen) atoms. The Hall–Kier alpha value is -1.36. The number of hydrogen-bond acceptors (Lipinski definition) is 3. The number of carboxylic acids is 2. The summed E-state index contributed by atoms with van der Waals surface area (Å²) in [5.41, 5.74) is 5.10. The Morgan fingerprint density at radius 3 is 2.42 bits per heavy atom. The molecule has 0 radical (unpaired) electrons. The van der Waals surface area contributed by atoms with Crippen LogP contribution in [0.3, 0.4) is 0 Å². The van der Waals surface area contributed by atoms with Gasteiger partial charge in [-0.1, -0.05) is 12.2 Å². The maximum absolute atomic E-state index is 10.1. The van der Waals surface area contributed by atoms with E-state index in [-0.39, 0.29) is 6.42 Å². The average molecular weight is 173 g/mol. The van der Waals surface area contributed by atoms with Crippen LogP contribution >= 0.6 is 0 Å². The number of carboxylic acid groups (broad SMARTS) is 2. The summed E-state index contributed by atoms with van der Waals surface area (Å²) in [4.78, 5) is 20.1. The van der Waals surface area contributed by atoms with E-state index in [0.29, 0.717) is 6.42 Å². The van der Waals surface area contributed by atoms with Gasteiger partial charge in [0.15, 0.2) is 0 Å². The minimum Gasteiger partial charge on any atom is -0.481 e. The minimum atomic E-state index is -1.12. The average Bonchev–Trinajstić information content (AvgIpc) is 1.97. The Morgan fingerprint density at radius 1 is 1.42 bits per heavy atom. The Kier molecular flexibility index (Phi) is 4.71. The zero-order valence-corrected chi connectivity index (χ0v) is 6.43. The van der Waals surface area contributed by atoms with E-state index in [1.165, 1.54) is 12.2 Å². The molecule has 4 N–H and O–H groups in total. The van der Waals surface area contributed by atoms with Crippen molar-refractivity contribution < 1.29 is 19.8 Å². The highest BCUT2D eigenvalue weighted by Crippen LogP contribution is 1.92. The van der Waals surface area contributed by atoms with E-state index < -0.39 is 18.0 Å². The lowest BCUT2D eigenvalue weighted by Crippen LogP contribution is -2.27. The zero-order chi connectivity index (χ0) is 9.56. The highest BCUT2D eigenvalue weighted by molar-refractivity contribution is 5.75. The van der Waals surface area contributed by atoms with Gasteiger partial charge in [0.25, 0.3) is 0 Å². The second-order valence-corrected chi connectivity index (χ2v) is 2.22. The summed E-state index contributed by atoms with van der Waals surface area (Å²) in [6.07, 6.45) is 3.01. The third-order valence-corrected chi connectivity index (χ3v) is 1.15. The Bertz CT molecular complexity index is 200. The number of nitrogens with two attached hydrogens (primary N) is 1. The van der Waals surface area contributed by atoms with Crippen LogP contribution in [0.1, 0.15) is 12.8 Å². The number of hydrogen-bond donors (Lipinski definition) is 3. The number of allylic oxidation sites excluding steroid dienone is 1. The van der Waals surface area contributed by atoms with Crippen molar-refractivity contribution in [1.82, 2.24) is 0 Å². The largest absolute Gasteiger partial charge is 0.481 e. The summed E-state index contributed by atoms with van der Waals surface area (Å²) in [5, 5.41) is 16.5. The van der Waals surface area contributed by atoms with Gasteiger partial charge in [0.2, 0.25) is 0 Å². The van der Waals surface area contributed by atoms with Crippen molar-refractivity contribution in [3.63, 3.8) is 0 Å². The molecule has 1 atom stereocenters. The number of carbonyl (C=O) groups is 2. The van der Waals surface area contributed by atoms with Gasteiger partial charge in [-0.05, 0) is 6.42 Å². The van der Waals surface area contributed by atoms with Crippen LogP contribution in [0.5, 0.6) is 0 Å². The maximum Gasteiger partial charge on any atom is 0.324 e. The van der Waals surface area contributed by atoms with Crippen molar-refractivity contribution in [2.24, 2.45) is 5.73 Å². The summed E-state index contributed by atoms with van der Waals surface area (Å²) in [6, 6.07) is -1.04. The fraction of sp³-hybridized carbons (Fsp3) is 0.429. The predicted octanol–water partition coefficient (Wildman–Crippen LogP) is -0.181. The van der Waals surface area contributed by atoms with E-state index in [0.717, 1.165) is 0 Å². The molecule has 0 aliphatic rings. The first-order valence-electron chi connectivity index (χ1n) is 3.41. The first-order valence-corrected chi connectivity index (χ1v) is 3.41. The second-order valence-electron chi connectivity index (χ2n) is 2.22. The van der Waals surface area contributed by atoms with Crippen LogP contribution in [0, 0.1) is 0 Å². The van der Waals surface area contributed by atoms with Crippen LogP contribution < -0.4 is 5.73 Å². The molecule has 0 heterocycles. The van der Waals surface area contributed by atoms with Crippen LogP contribution in [0.4, 0.5) is 0 Å². The van der Waals surface area contributed by atoms with Gasteiger partial charge in [0, 0.05) is 6.42 Å². The molecular weight excluding hydrogens is 162 g/mol. The highest BCUT2D eigenvalue weighted by Gasteiger charge is 2.05. The normalized spacial score (nSPS) is 13.1. The first-order chi connectivity index (χ1) is 5.54. The van der Waals surface area contributed by atoms with Gasteiger partial charge in [0.05, 0.1) is 0 Å². The summed E-state index contributed by atoms with van der Waals surface area (Å²) in [6.45, 7) is 0. The SMILES string of the molecule is NC(/C=C/CCC(=O)O)C(=O)O. The smallest absolute Gasteiger partial charge is 0.324 e. The lowest BCUT2D eigenvalue weighted by atomic mass is 10.2. The van der Waals surface area contributed by atoms with Crippen LogP contribution in [-0.4, -0.2) is 28.2 Å². The molecule has 5 nitrogen and oxygen atoms in total. The van der Waals surface area contributed by atoms with Crippen molar-refractivity contribution in [1.29, 1.82) is 0 Å². The van der Waals surface area contributed by atoms with E-state index in [4.69, 9.17) is 15.9 Å². The van der Waals surface area contributed by atoms with E-state index in [1.54, 1.807) is 0 Å². The predicted molar refractivity (Wildman–Crippen MR) is 41.6 cm³/mol. The van der Waals surface area contributed by atoms with Crippen LogP contribution in [0.2, 0.25) is 0 Å². The summed E-state index contributed by atoms with van der Waals surface area (Å²) < 4.78 is 0. The Balaban J connectivity index is 3.62. The van der Waals surface area contributed by atoms with Gasteiger partial charge in [-0.3, -0.25) is 9.59 Å². The first kappa shape index (κ1) is 10.6. The molecule has 0 rings (SSSR count). The lowest BCUT2D eigenvalue weighted by Gasteiger charge is -1.96. The number of aliphatic carboxylic acids is 2. The van der Waals surface area contributed by atoms with Crippen molar-refractivity contribution in [3.05, 3.63) is 12.2 Å². The maximum atomic E-state index is 10.1. The standard InChI is InChI=1S/C7H11NO4/c8-5(7(11)12)3-1-2-4-6(9)10/h1,3,5H,2,4,8H2,(H,9,10)(H,11,12)/b3-1+. The molecule has 0 aromatic carbocycles. The summed E-state index contributed by atoms with van der Waals surface area (Å²) in [5.74, 6) is -2.04. The fourth-order valence-corrected chi connectivity index (χ4v) is 0.532. The molecule has 0 saturated heterocycles. The molecule has 0 aromatic rings. The Labute approximate surface area is 69.5 Å². The molecule has 0 fully saturated rings. The molecule has 0 aliphatic carbocycles. The van der Waals surface area contributed by atoms with Crippen LogP contribution in [0.15, 0.2) is 12.2 Å². The molecular formula is C7H11NO4. The van der Waals surface area contributed by atoms with Crippen LogP contribution in [0.25, 0.3) is 0 Å². The van der Waals surface area contributed by atoms with Gasteiger partial charge < -0.3 is 15.9 Å². The van der Waals surface area contributed by atoms with Gasteiger partial charge in [-0.25, -0.2) is 0 Å². The fourth-order valence-electron chi connectivity index (χ4n) is 0.532. The molecule has 68 valence electrons. The lowest BCUT2D eigenvalue weighted by molar-refractivity contribution is -0.137. The third kappa shape index (κ3) is 5.43. The van der Waals surface area contributed by atoms with E-state index in [1.807, 2.05) is 0 Å². The van der Waals surface area contributed by atoms with Gasteiger partial charge in [-0.2, -0.15) is 0 Å². The van der Waals surface area contributed by atoms with Crippen molar-refractivity contribution in [2.75, 3.05) is 0 Å². The van der Waals surface area contributed by atoms with Crippen molar-refractivity contribution in [3.8, 4) is 0 Å². The Morgan fingerprint density at radius 2 is 2.00 bits per heavy atom. The summed E-state index contributed by atoms with van der Waals surface area (Å²) >= 11 is 0. The molecule has 0 saturated carbocycles. The minimum absolute atomic E-state index is 0.0111. The molecule has 0 spiro atoms. The molecule has 0 bridgehead atoms. The second kappa shape index (κ2) is 5.31. The third-order valence-electron chi connectivity index (χ3n) is 1.15. The zero-order valence-electron chi connectivity index (χ0n) is 6.43. The molecule has 0 aromatic heterocycles. The monoisotopic (exact) mass is 173 g/mol. The quantitative estimate of drug-likeness (QED) is 0.500. The molecule has 0 aliphatic heterocycles. The van der Waals surface area contributed by atoms with Gasteiger partial charge >= 0.3 is 11.9 Å². The molecule has 5 heteroatoms. The number of rotatable bonds is 5. The van der Waals surface area contributed by atoms with E-state index in [2.05, 4.69) is 0 Å². The van der Waals surface area contributed by atoms with Crippen molar-refractivity contribution in [2.45, 2.75) is 18.9 Å². The van der Waals surface area contributed by atoms with E-state index >= 15 is 0 Å². The van der Waals surface area contributed by atoms with Gasteiger partial charge in [0.1, 0.15) is 6.04 Å². The van der Waals surface area contributed by atoms with Gasteiger partial charge in [-0.15, -0.1) is 0 Å². The van der Waals surface area contributed by atoms with E-state index in [9.17, 15) is 9.59 Å². The van der Waals surface area contributed by atoms with Crippen LogP contribution in [-0.2, 0) is 9.59 Å². The summed E-state index contributed by atoms with van der Waals surface area (Å²) in [7, 11) is 0. The topological polar surface area (TPSA) is 101 Å².